The van der Waals surface area contributed by atoms with Crippen LogP contribution in [0.1, 0.15) is 156 Å². The topological polar surface area (TPSA) is 6.48 Å². The van der Waals surface area contributed by atoms with Gasteiger partial charge in [0, 0.05) is 36.3 Å². The van der Waals surface area contributed by atoms with E-state index in [2.05, 4.69) is 37.5 Å². The summed E-state index contributed by atoms with van der Waals surface area (Å²) in [5.41, 5.74) is 0. The summed E-state index contributed by atoms with van der Waals surface area (Å²) in [7, 11) is 0. The molecule has 0 saturated heterocycles. The Morgan fingerprint density at radius 2 is 0.556 bits per heavy atom. The Kier molecular flexibility index (Phi) is 9.81. The summed E-state index contributed by atoms with van der Waals surface area (Å²) in [5, 5.41) is 0. The third-order valence-electron chi connectivity index (χ3n) is 12.1. The van der Waals surface area contributed by atoms with Crippen molar-refractivity contribution in [2.75, 3.05) is 0 Å². The van der Waals surface area contributed by atoms with Gasteiger partial charge in [-0.3, -0.25) is 9.80 Å². The normalized spacial score (nSPS) is 45.2. The third-order valence-corrected chi connectivity index (χ3v) is 12.1. The molecule has 5 fully saturated rings. The number of hydrogen-bond donors (Lipinski definition) is 0. The first kappa shape index (κ1) is 27.5. The average molecular weight is 499 g/mol. The van der Waals surface area contributed by atoms with Gasteiger partial charge in [0.15, 0.2) is 0 Å². The molecular formula is C34H62N2. The molecule has 5 aliphatic carbocycles. The smallest absolute Gasteiger partial charge is 0.0116 e. The van der Waals surface area contributed by atoms with Crippen molar-refractivity contribution in [2.24, 2.45) is 23.7 Å². The van der Waals surface area contributed by atoms with Crippen LogP contribution in [0.2, 0.25) is 0 Å². The Morgan fingerprint density at radius 3 is 0.806 bits per heavy atom. The summed E-state index contributed by atoms with van der Waals surface area (Å²) in [6.45, 7) is 10.0. The molecular weight excluding hydrogens is 436 g/mol. The Labute approximate surface area is 225 Å². The molecule has 5 aliphatic rings. The van der Waals surface area contributed by atoms with Crippen molar-refractivity contribution in [1.29, 1.82) is 0 Å². The van der Waals surface area contributed by atoms with Crippen LogP contribution in [0.3, 0.4) is 0 Å². The zero-order valence-electron chi connectivity index (χ0n) is 24.8. The zero-order chi connectivity index (χ0) is 25.1. The van der Waals surface area contributed by atoms with Gasteiger partial charge >= 0.3 is 0 Å². The van der Waals surface area contributed by atoms with Crippen LogP contribution < -0.4 is 0 Å². The summed E-state index contributed by atoms with van der Waals surface area (Å²) >= 11 is 0. The first-order valence-electron chi connectivity index (χ1n) is 17.0. The molecule has 0 aliphatic heterocycles. The van der Waals surface area contributed by atoms with Crippen LogP contribution in [-0.2, 0) is 0 Å². The van der Waals surface area contributed by atoms with Crippen LogP contribution in [0.25, 0.3) is 0 Å². The molecule has 2 nitrogen and oxygen atoms in total. The monoisotopic (exact) mass is 498 g/mol. The predicted octanol–water partition coefficient (Wildman–Crippen LogP) is 9.22. The van der Waals surface area contributed by atoms with Crippen molar-refractivity contribution < 1.29 is 0 Å². The lowest BCUT2D eigenvalue weighted by Gasteiger charge is -2.53. The maximum Gasteiger partial charge on any atom is 0.0116 e. The van der Waals surface area contributed by atoms with Gasteiger partial charge in [0.1, 0.15) is 0 Å². The van der Waals surface area contributed by atoms with Gasteiger partial charge in [0.05, 0.1) is 0 Å². The minimum Gasteiger partial charge on any atom is -0.294 e. The lowest BCUT2D eigenvalue weighted by atomic mass is 9.77. The Bertz CT molecular complexity index is 532. The van der Waals surface area contributed by atoms with Crippen molar-refractivity contribution in [2.45, 2.75) is 192 Å². The van der Waals surface area contributed by atoms with E-state index in [9.17, 15) is 0 Å². The van der Waals surface area contributed by atoms with Gasteiger partial charge in [-0.15, -0.1) is 0 Å². The van der Waals surface area contributed by atoms with Crippen molar-refractivity contribution in [3.63, 3.8) is 0 Å². The number of nitrogens with zero attached hydrogens (tertiary/aromatic N) is 2. The molecule has 0 bridgehead atoms. The Morgan fingerprint density at radius 1 is 0.306 bits per heavy atom. The highest BCUT2D eigenvalue weighted by Gasteiger charge is 2.42. The molecule has 2 atom stereocenters. The quantitative estimate of drug-likeness (QED) is 0.360. The lowest BCUT2D eigenvalue weighted by molar-refractivity contribution is -0.0346. The second kappa shape index (κ2) is 12.8. The summed E-state index contributed by atoms with van der Waals surface area (Å²) in [6.07, 6.45) is 29.7. The standard InChI is InChI=1S/C34H62N2/c1-25-8-16-29(17-9-25)35(30-18-10-26(2)11-19-30)33-6-5-7-34(24-33)36(31-20-12-27(3)13-21-31)32-22-14-28(4)15-23-32/h25-34H,5-24H2,1-4H3. The lowest BCUT2D eigenvalue weighted by Crippen LogP contribution is -2.58. The van der Waals surface area contributed by atoms with Gasteiger partial charge < -0.3 is 0 Å². The molecule has 2 heteroatoms. The van der Waals surface area contributed by atoms with E-state index >= 15 is 0 Å². The van der Waals surface area contributed by atoms with Crippen molar-refractivity contribution in [1.82, 2.24) is 9.80 Å². The molecule has 0 heterocycles. The minimum atomic E-state index is 0.869. The number of hydrogen-bond acceptors (Lipinski definition) is 2. The van der Waals surface area contributed by atoms with E-state index in [0.717, 1.165) is 59.9 Å². The molecule has 5 saturated carbocycles. The van der Waals surface area contributed by atoms with Crippen LogP contribution in [0.5, 0.6) is 0 Å². The molecule has 5 rings (SSSR count). The van der Waals surface area contributed by atoms with Gasteiger partial charge in [-0.1, -0.05) is 34.1 Å². The summed E-state index contributed by atoms with van der Waals surface area (Å²) < 4.78 is 0. The fourth-order valence-corrected chi connectivity index (χ4v) is 9.63. The SMILES string of the molecule is CC1CCC(N(C2CCC(C)CC2)C2CCCC(N(C3CCC(C)CC3)C3CCC(C)CC3)C2)CC1. The van der Waals surface area contributed by atoms with Crippen LogP contribution in [0, 0.1) is 23.7 Å². The fraction of sp³-hybridized carbons (Fsp3) is 1.00. The van der Waals surface area contributed by atoms with Gasteiger partial charge in [0.2, 0.25) is 0 Å². The Balaban J connectivity index is 1.33. The third kappa shape index (κ3) is 6.73. The van der Waals surface area contributed by atoms with Gasteiger partial charge in [-0.25, -0.2) is 0 Å². The summed E-state index contributed by atoms with van der Waals surface area (Å²) in [6, 6.07) is 5.30. The van der Waals surface area contributed by atoms with Gasteiger partial charge in [-0.05, 0) is 146 Å². The Hall–Kier alpha value is -0.0800. The van der Waals surface area contributed by atoms with E-state index in [1.807, 2.05) is 0 Å². The predicted molar refractivity (Wildman–Crippen MR) is 155 cm³/mol. The summed E-state index contributed by atoms with van der Waals surface area (Å²) in [4.78, 5) is 6.46. The molecule has 2 unspecified atom stereocenters. The fourth-order valence-electron chi connectivity index (χ4n) is 9.63. The van der Waals surface area contributed by atoms with Crippen LogP contribution in [-0.4, -0.2) is 46.1 Å². The zero-order valence-corrected chi connectivity index (χ0v) is 24.8. The van der Waals surface area contributed by atoms with Crippen molar-refractivity contribution in [3.05, 3.63) is 0 Å². The highest BCUT2D eigenvalue weighted by molar-refractivity contribution is 4.97. The van der Waals surface area contributed by atoms with E-state index in [0.29, 0.717) is 0 Å². The van der Waals surface area contributed by atoms with E-state index < -0.39 is 0 Å². The summed E-state index contributed by atoms with van der Waals surface area (Å²) in [5.74, 6) is 3.86. The molecule has 0 spiro atoms. The maximum absolute atomic E-state index is 3.23. The van der Waals surface area contributed by atoms with E-state index in [-0.39, 0.29) is 0 Å². The molecule has 0 amide bonds. The number of rotatable bonds is 6. The van der Waals surface area contributed by atoms with Crippen LogP contribution >= 0.6 is 0 Å². The van der Waals surface area contributed by atoms with Gasteiger partial charge in [-0.2, -0.15) is 0 Å². The maximum atomic E-state index is 3.23. The average Bonchev–Trinajstić information content (AvgIpc) is 2.89. The highest BCUT2D eigenvalue weighted by atomic mass is 15.3. The second-order valence-corrected chi connectivity index (χ2v) is 15.0. The van der Waals surface area contributed by atoms with Crippen molar-refractivity contribution >= 4 is 0 Å². The molecule has 0 radical (unpaired) electrons. The molecule has 0 N–H and O–H groups in total. The van der Waals surface area contributed by atoms with E-state index in [1.54, 1.807) is 0 Å². The highest BCUT2D eigenvalue weighted by Crippen LogP contribution is 2.42. The van der Waals surface area contributed by atoms with Crippen molar-refractivity contribution in [3.8, 4) is 0 Å². The van der Waals surface area contributed by atoms with E-state index in [4.69, 9.17) is 0 Å². The molecule has 208 valence electrons. The van der Waals surface area contributed by atoms with Gasteiger partial charge in [0.25, 0.3) is 0 Å². The van der Waals surface area contributed by atoms with E-state index in [1.165, 1.54) is 128 Å². The molecule has 0 aromatic carbocycles. The van der Waals surface area contributed by atoms with Crippen LogP contribution in [0.15, 0.2) is 0 Å². The molecule has 36 heavy (non-hydrogen) atoms. The first-order chi connectivity index (χ1) is 17.5. The molecule has 0 aromatic heterocycles. The van der Waals surface area contributed by atoms with Crippen LogP contribution in [0.4, 0.5) is 0 Å². The largest absolute Gasteiger partial charge is 0.294 e. The second-order valence-electron chi connectivity index (χ2n) is 15.0. The minimum absolute atomic E-state index is 0.869. The molecule has 0 aromatic rings. The first-order valence-corrected chi connectivity index (χ1v) is 17.0.